The van der Waals surface area contributed by atoms with Gasteiger partial charge in [-0.15, -0.1) is 0 Å². The first kappa shape index (κ1) is 26.0. The maximum atomic E-state index is 13.8. The Morgan fingerprint density at radius 2 is 1.92 bits per heavy atom. The van der Waals surface area contributed by atoms with Crippen LogP contribution in [0.15, 0.2) is 53.1 Å². The molecule has 196 valence electrons. The zero-order chi connectivity index (χ0) is 26.8. The van der Waals surface area contributed by atoms with E-state index in [1.807, 2.05) is 0 Å². The molecule has 2 heterocycles. The summed E-state index contributed by atoms with van der Waals surface area (Å²) in [6.07, 6.45) is -5.28. The lowest BCUT2D eigenvalue weighted by Gasteiger charge is -2.21. The maximum absolute atomic E-state index is 13.8. The Kier molecular flexibility index (Phi) is 7.14. The summed E-state index contributed by atoms with van der Waals surface area (Å²) in [7, 11) is 0. The van der Waals surface area contributed by atoms with E-state index in [2.05, 4.69) is 10.1 Å². The molecule has 3 N–H and O–H groups in total. The van der Waals surface area contributed by atoms with Gasteiger partial charge in [0.2, 0.25) is 11.7 Å². The minimum absolute atomic E-state index is 0.0431. The fourth-order valence-corrected chi connectivity index (χ4v) is 3.96. The van der Waals surface area contributed by atoms with Crippen LogP contribution in [0.5, 0.6) is 5.75 Å². The highest BCUT2D eigenvalue weighted by atomic mass is 19.4. The van der Waals surface area contributed by atoms with Gasteiger partial charge in [-0.1, -0.05) is 23.4 Å². The molecule has 1 unspecified atom stereocenters. The first-order valence-electron chi connectivity index (χ1n) is 11.1. The van der Waals surface area contributed by atoms with Gasteiger partial charge in [0.15, 0.2) is 5.96 Å². The molecule has 0 aliphatic carbocycles. The van der Waals surface area contributed by atoms with E-state index in [0.717, 1.165) is 30.7 Å². The van der Waals surface area contributed by atoms with Crippen LogP contribution in [0.1, 0.15) is 41.5 Å². The summed E-state index contributed by atoms with van der Waals surface area (Å²) in [5, 5.41) is 11.4. The smallest absolute Gasteiger partial charge is 0.419 e. The van der Waals surface area contributed by atoms with Gasteiger partial charge in [0.05, 0.1) is 11.1 Å². The molecule has 37 heavy (non-hydrogen) atoms. The quantitative estimate of drug-likeness (QED) is 0.236. The van der Waals surface area contributed by atoms with Gasteiger partial charge < -0.3 is 19.9 Å². The van der Waals surface area contributed by atoms with E-state index in [1.165, 1.54) is 30.4 Å². The Balaban J connectivity index is 1.50. The third kappa shape index (κ3) is 6.04. The third-order valence-corrected chi connectivity index (χ3v) is 5.69. The van der Waals surface area contributed by atoms with E-state index in [0.29, 0.717) is 13.0 Å². The van der Waals surface area contributed by atoms with Crippen molar-refractivity contribution >= 4 is 12.0 Å². The van der Waals surface area contributed by atoms with Crippen LogP contribution < -0.4 is 10.5 Å². The monoisotopic (exact) mass is 525 g/mol. The molecule has 0 amide bonds. The molecule has 1 fully saturated rings. The molecule has 1 aliphatic rings. The molecule has 1 atom stereocenters. The van der Waals surface area contributed by atoms with Crippen molar-refractivity contribution in [1.29, 1.82) is 5.41 Å². The number of nitrogens with one attached hydrogen (secondary N) is 1. The predicted molar refractivity (Wildman–Crippen MR) is 121 cm³/mol. The SMILES string of the molecule is N=C(N)N1CCCC1c1nc(-c2ccc(OCC=Cc3cccc(C(F)(F)F)c3)c(C(F)(F)F)c2)no1. The lowest BCUT2D eigenvalue weighted by Crippen LogP contribution is -2.35. The standard InChI is InChI=1S/C24H21F6N5O2/c25-23(26,27)16-6-1-4-14(12-16)5-3-11-36-19-9-8-15(13-17(19)24(28,29)30)20-33-21(37-34-20)18-7-2-10-35(18)22(31)32/h1,3-6,8-9,12-13,18H,2,7,10-11H2,(H3,31,32). The molecular weight excluding hydrogens is 504 g/mol. The molecule has 4 rings (SSSR count). The third-order valence-electron chi connectivity index (χ3n) is 5.69. The van der Waals surface area contributed by atoms with Gasteiger partial charge >= 0.3 is 12.4 Å². The second kappa shape index (κ2) is 10.1. The molecule has 1 aliphatic heterocycles. The van der Waals surface area contributed by atoms with Crippen molar-refractivity contribution in [2.75, 3.05) is 13.2 Å². The second-order valence-electron chi connectivity index (χ2n) is 8.24. The lowest BCUT2D eigenvalue weighted by molar-refractivity contribution is -0.139. The molecule has 1 saturated heterocycles. The molecule has 7 nitrogen and oxygen atoms in total. The lowest BCUT2D eigenvalue weighted by atomic mass is 10.1. The van der Waals surface area contributed by atoms with Gasteiger partial charge in [-0.3, -0.25) is 5.41 Å². The van der Waals surface area contributed by atoms with Crippen molar-refractivity contribution in [3.63, 3.8) is 0 Å². The van der Waals surface area contributed by atoms with Crippen molar-refractivity contribution in [3.05, 3.63) is 71.1 Å². The zero-order valence-electron chi connectivity index (χ0n) is 19.1. The number of hydrogen-bond donors (Lipinski definition) is 2. The van der Waals surface area contributed by atoms with Gasteiger partial charge in [-0.2, -0.15) is 31.3 Å². The summed E-state index contributed by atoms with van der Waals surface area (Å²) >= 11 is 0. The van der Waals surface area contributed by atoms with Crippen LogP contribution in [0.4, 0.5) is 26.3 Å². The Morgan fingerprint density at radius 1 is 1.14 bits per heavy atom. The Bertz CT molecular complexity index is 1300. The number of benzene rings is 2. The van der Waals surface area contributed by atoms with Crippen LogP contribution >= 0.6 is 0 Å². The molecule has 0 spiro atoms. The largest absolute Gasteiger partial charge is 0.489 e. The summed E-state index contributed by atoms with van der Waals surface area (Å²) < 4.78 is 90.3. The molecule has 0 bridgehead atoms. The van der Waals surface area contributed by atoms with E-state index in [4.69, 9.17) is 20.4 Å². The fraction of sp³-hybridized carbons (Fsp3) is 0.292. The number of guanidine groups is 1. The average Bonchev–Trinajstić information content (AvgIpc) is 3.51. The number of halogens is 6. The Morgan fingerprint density at radius 3 is 2.62 bits per heavy atom. The number of hydrogen-bond acceptors (Lipinski definition) is 5. The van der Waals surface area contributed by atoms with E-state index in [-0.39, 0.29) is 35.4 Å². The van der Waals surface area contributed by atoms with Crippen molar-refractivity contribution in [2.45, 2.75) is 31.2 Å². The van der Waals surface area contributed by atoms with Crippen LogP contribution in [0.3, 0.4) is 0 Å². The van der Waals surface area contributed by atoms with Gasteiger partial charge in [0, 0.05) is 12.1 Å². The van der Waals surface area contributed by atoms with Crippen molar-refractivity contribution in [1.82, 2.24) is 15.0 Å². The molecule has 1 aromatic heterocycles. The number of aromatic nitrogens is 2. The molecule has 3 aromatic rings. The number of likely N-dealkylation sites (tertiary alicyclic amines) is 1. The van der Waals surface area contributed by atoms with Crippen LogP contribution in [-0.2, 0) is 12.4 Å². The van der Waals surface area contributed by atoms with Crippen LogP contribution in [0, 0.1) is 5.41 Å². The maximum Gasteiger partial charge on any atom is 0.419 e. The molecule has 0 radical (unpaired) electrons. The topological polar surface area (TPSA) is 101 Å². The first-order chi connectivity index (χ1) is 17.4. The van der Waals surface area contributed by atoms with Crippen molar-refractivity contribution in [3.8, 4) is 17.1 Å². The Labute approximate surface area is 207 Å². The fourth-order valence-electron chi connectivity index (χ4n) is 3.96. The number of alkyl halides is 6. The summed E-state index contributed by atoms with van der Waals surface area (Å²) in [6.45, 7) is 0.220. The minimum atomic E-state index is -4.76. The average molecular weight is 525 g/mol. The minimum Gasteiger partial charge on any atom is -0.489 e. The van der Waals surface area contributed by atoms with E-state index >= 15 is 0 Å². The van der Waals surface area contributed by atoms with Gasteiger partial charge in [-0.05, 0) is 54.8 Å². The summed E-state index contributed by atoms with van der Waals surface area (Å²) in [5.41, 5.74) is 3.92. The molecule has 0 saturated carbocycles. The summed E-state index contributed by atoms with van der Waals surface area (Å²) in [6, 6.07) is 7.37. The predicted octanol–water partition coefficient (Wildman–Crippen LogP) is 5.90. The van der Waals surface area contributed by atoms with Gasteiger partial charge in [0.25, 0.3) is 0 Å². The number of rotatable bonds is 6. The molecule has 2 aromatic carbocycles. The molecular formula is C24H21F6N5O2. The van der Waals surface area contributed by atoms with Crippen molar-refractivity contribution < 1.29 is 35.6 Å². The van der Waals surface area contributed by atoms with E-state index in [1.54, 1.807) is 4.90 Å². The van der Waals surface area contributed by atoms with Crippen molar-refractivity contribution in [2.24, 2.45) is 5.73 Å². The van der Waals surface area contributed by atoms with Crippen LogP contribution in [-0.4, -0.2) is 34.2 Å². The van der Waals surface area contributed by atoms with Gasteiger partial charge in [-0.25, -0.2) is 0 Å². The highest BCUT2D eigenvalue weighted by molar-refractivity contribution is 5.75. The number of nitrogens with zero attached hydrogens (tertiary/aromatic N) is 3. The Hall–Kier alpha value is -4.03. The second-order valence-corrected chi connectivity index (χ2v) is 8.24. The molecule has 13 heteroatoms. The van der Waals surface area contributed by atoms with Gasteiger partial charge in [0.1, 0.15) is 18.4 Å². The normalized spacial score (nSPS) is 16.5. The van der Waals surface area contributed by atoms with Crippen LogP contribution in [0.2, 0.25) is 0 Å². The van der Waals surface area contributed by atoms with Crippen LogP contribution in [0.25, 0.3) is 17.5 Å². The number of ether oxygens (including phenoxy) is 1. The number of nitrogens with two attached hydrogens (primary N) is 1. The zero-order valence-corrected chi connectivity index (χ0v) is 19.1. The summed E-state index contributed by atoms with van der Waals surface area (Å²) in [5.74, 6) is -0.541. The summed E-state index contributed by atoms with van der Waals surface area (Å²) in [4.78, 5) is 5.78. The van der Waals surface area contributed by atoms with E-state index in [9.17, 15) is 26.3 Å². The highest BCUT2D eigenvalue weighted by Crippen LogP contribution is 2.39. The highest BCUT2D eigenvalue weighted by Gasteiger charge is 2.36. The first-order valence-corrected chi connectivity index (χ1v) is 11.1. The van der Waals surface area contributed by atoms with E-state index < -0.39 is 35.3 Å².